The molecule has 2 heterocycles. The number of hydrogen-bond acceptors (Lipinski definition) is 3. The van der Waals surface area contributed by atoms with E-state index in [1.165, 1.54) is 24.3 Å². The van der Waals surface area contributed by atoms with E-state index in [2.05, 4.69) is 15.8 Å². The molecule has 3 atom stereocenters. The van der Waals surface area contributed by atoms with Gasteiger partial charge in [-0.1, -0.05) is 30.3 Å². The highest BCUT2D eigenvalue weighted by atomic mass is 19.1. The van der Waals surface area contributed by atoms with E-state index in [9.17, 15) is 13.2 Å². The van der Waals surface area contributed by atoms with Crippen molar-refractivity contribution in [3.8, 4) is 0 Å². The topological polar surface area (TPSA) is 27.3 Å². The molecular formula is C23H20F3N3. The summed E-state index contributed by atoms with van der Waals surface area (Å²) in [5.41, 5.74) is 9.87. The zero-order chi connectivity index (χ0) is 20.0. The summed E-state index contributed by atoms with van der Waals surface area (Å²) in [7, 11) is 0. The van der Waals surface area contributed by atoms with Gasteiger partial charge in [-0.3, -0.25) is 0 Å². The van der Waals surface area contributed by atoms with Crippen LogP contribution in [0.5, 0.6) is 0 Å². The Kier molecular flexibility index (Phi) is 4.53. The first-order chi connectivity index (χ1) is 14.1. The fourth-order valence-corrected chi connectivity index (χ4v) is 4.50. The summed E-state index contributed by atoms with van der Waals surface area (Å²) in [5, 5.41) is 0. The van der Waals surface area contributed by atoms with Crippen molar-refractivity contribution < 1.29 is 13.2 Å². The van der Waals surface area contributed by atoms with Crippen LogP contribution in [-0.4, -0.2) is 6.54 Å². The van der Waals surface area contributed by atoms with Crippen LogP contribution in [0, 0.1) is 23.4 Å². The van der Waals surface area contributed by atoms with Crippen LogP contribution in [0.15, 0.2) is 66.7 Å². The van der Waals surface area contributed by atoms with Crippen LogP contribution < -0.4 is 15.8 Å². The van der Waals surface area contributed by atoms with Crippen molar-refractivity contribution >= 4 is 5.69 Å². The molecule has 2 N–H and O–H groups in total. The Morgan fingerprint density at radius 2 is 1.55 bits per heavy atom. The van der Waals surface area contributed by atoms with Gasteiger partial charge in [-0.25, -0.2) is 24.0 Å². The SMILES string of the molecule is Fc1ccc(C2NNC3c4cc(F)ccc4N(Cc4ccccc4F)CC23)cc1. The maximum Gasteiger partial charge on any atom is 0.128 e. The molecular weight excluding hydrogens is 375 g/mol. The number of anilines is 1. The highest BCUT2D eigenvalue weighted by molar-refractivity contribution is 5.59. The molecule has 0 spiro atoms. The molecule has 0 radical (unpaired) electrons. The lowest BCUT2D eigenvalue weighted by Crippen LogP contribution is -2.39. The minimum atomic E-state index is -0.303. The Morgan fingerprint density at radius 3 is 2.34 bits per heavy atom. The van der Waals surface area contributed by atoms with Crippen molar-refractivity contribution in [1.82, 2.24) is 10.9 Å². The van der Waals surface area contributed by atoms with Gasteiger partial charge in [-0.2, -0.15) is 0 Å². The van der Waals surface area contributed by atoms with Gasteiger partial charge in [0.15, 0.2) is 0 Å². The van der Waals surface area contributed by atoms with Gasteiger partial charge < -0.3 is 4.90 Å². The van der Waals surface area contributed by atoms with E-state index < -0.39 is 0 Å². The lowest BCUT2D eigenvalue weighted by molar-refractivity contribution is 0.399. The van der Waals surface area contributed by atoms with E-state index in [4.69, 9.17) is 0 Å². The maximum absolute atomic E-state index is 14.3. The molecule has 3 nitrogen and oxygen atoms in total. The second-order valence-corrected chi connectivity index (χ2v) is 7.63. The summed E-state index contributed by atoms with van der Waals surface area (Å²) in [4.78, 5) is 2.10. The Balaban J connectivity index is 1.53. The number of nitrogens with zero attached hydrogens (tertiary/aromatic N) is 1. The summed E-state index contributed by atoms with van der Waals surface area (Å²) < 4.78 is 41.7. The molecule has 0 amide bonds. The van der Waals surface area contributed by atoms with Gasteiger partial charge in [-0.15, -0.1) is 0 Å². The summed E-state index contributed by atoms with van der Waals surface area (Å²) in [6.07, 6.45) is 0. The first-order valence-electron chi connectivity index (χ1n) is 9.64. The van der Waals surface area contributed by atoms with E-state index in [1.807, 2.05) is 6.07 Å². The van der Waals surface area contributed by atoms with Crippen molar-refractivity contribution in [3.05, 3.63) is 101 Å². The lowest BCUT2D eigenvalue weighted by Gasteiger charge is -2.39. The van der Waals surface area contributed by atoms with Gasteiger partial charge in [0.1, 0.15) is 17.5 Å². The normalized spacial score (nSPS) is 23.0. The van der Waals surface area contributed by atoms with Gasteiger partial charge in [0.05, 0.1) is 12.1 Å². The van der Waals surface area contributed by atoms with Crippen LogP contribution in [0.3, 0.4) is 0 Å². The van der Waals surface area contributed by atoms with Crippen molar-refractivity contribution in [3.63, 3.8) is 0 Å². The quantitative estimate of drug-likeness (QED) is 0.677. The molecule has 3 aromatic rings. The Hall–Kier alpha value is -2.83. The van der Waals surface area contributed by atoms with Crippen molar-refractivity contribution in [2.24, 2.45) is 5.92 Å². The highest BCUT2D eigenvalue weighted by Crippen LogP contribution is 2.45. The van der Waals surface area contributed by atoms with E-state index in [-0.39, 0.29) is 35.5 Å². The Labute approximate surface area is 167 Å². The number of benzene rings is 3. The molecule has 3 aromatic carbocycles. The fourth-order valence-electron chi connectivity index (χ4n) is 4.50. The standard InChI is InChI=1S/C23H20F3N3/c24-16-7-5-14(6-8-16)22-19-13-29(12-15-3-1-2-4-20(15)26)21-10-9-17(25)11-18(21)23(19)28-27-22/h1-11,19,22-23,27-28H,12-13H2. The monoisotopic (exact) mass is 395 g/mol. The Bertz CT molecular complexity index is 1040. The molecule has 29 heavy (non-hydrogen) atoms. The number of fused-ring (bicyclic) bond motifs is 3. The number of nitrogens with one attached hydrogen (secondary N) is 2. The first kappa shape index (κ1) is 18.2. The largest absolute Gasteiger partial charge is 0.366 e. The molecule has 0 bridgehead atoms. The average Bonchev–Trinajstić information content (AvgIpc) is 3.14. The molecule has 148 valence electrons. The third-order valence-corrected chi connectivity index (χ3v) is 5.90. The van der Waals surface area contributed by atoms with Crippen LogP contribution >= 0.6 is 0 Å². The van der Waals surface area contributed by atoms with Crippen molar-refractivity contribution in [1.29, 1.82) is 0 Å². The molecule has 5 rings (SSSR count). The molecule has 6 heteroatoms. The fraction of sp³-hybridized carbons (Fsp3) is 0.217. The van der Waals surface area contributed by atoms with Gasteiger partial charge in [0.25, 0.3) is 0 Å². The summed E-state index contributed by atoms with van der Waals surface area (Å²) >= 11 is 0. The second kappa shape index (κ2) is 7.21. The number of hydrogen-bond donors (Lipinski definition) is 2. The molecule has 0 aliphatic carbocycles. The second-order valence-electron chi connectivity index (χ2n) is 7.63. The molecule has 1 saturated heterocycles. The van der Waals surface area contributed by atoms with Gasteiger partial charge in [0, 0.05) is 30.3 Å². The molecule has 1 fully saturated rings. The van der Waals surface area contributed by atoms with Crippen LogP contribution in [0.25, 0.3) is 0 Å². The van der Waals surface area contributed by atoms with Crippen molar-refractivity contribution in [2.75, 3.05) is 11.4 Å². The summed E-state index contributed by atoms with van der Waals surface area (Å²) in [6.45, 7) is 1.05. The van der Waals surface area contributed by atoms with Gasteiger partial charge >= 0.3 is 0 Å². The first-order valence-corrected chi connectivity index (χ1v) is 9.64. The zero-order valence-corrected chi connectivity index (χ0v) is 15.6. The minimum absolute atomic E-state index is 0.0693. The van der Waals surface area contributed by atoms with Gasteiger partial charge in [-0.05, 0) is 47.5 Å². The van der Waals surface area contributed by atoms with E-state index in [0.717, 1.165) is 16.8 Å². The lowest BCUT2D eigenvalue weighted by atomic mass is 9.82. The van der Waals surface area contributed by atoms with Crippen LogP contribution in [0.4, 0.5) is 18.9 Å². The highest BCUT2D eigenvalue weighted by Gasteiger charge is 2.43. The third kappa shape index (κ3) is 3.28. The van der Waals surface area contributed by atoms with E-state index >= 15 is 0 Å². The van der Waals surface area contributed by atoms with E-state index in [0.29, 0.717) is 18.7 Å². The van der Waals surface area contributed by atoms with E-state index in [1.54, 1.807) is 36.4 Å². The number of hydrazine groups is 1. The number of rotatable bonds is 3. The predicted octanol–water partition coefficient (Wildman–Crippen LogP) is 4.63. The average molecular weight is 395 g/mol. The summed E-state index contributed by atoms with van der Waals surface area (Å²) in [5.74, 6) is -0.770. The predicted molar refractivity (Wildman–Crippen MR) is 105 cm³/mol. The third-order valence-electron chi connectivity index (χ3n) is 5.90. The summed E-state index contributed by atoms with van der Waals surface area (Å²) in [6, 6.07) is 17.7. The van der Waals surface area contributed by atoms with Crippen LogP contribution in [0.2, 0.25) is 0 Å². The molecule has 0 aromatic heterocycles. The molecule has 0 saturated carbocycles. The molecule has 2 aliphatic heterocycles. The Morgan fingerprint density at radius 1 is 0.828 bits per heavy atom. The smallest absolute Gasteiger partial charge is 0.128 e. The maximum atomic E-state index is 14.3. The van der Waals surface area contributed by atoms with Crippen molar-refractivity contribution in [2.45, 2.75) is 18.6 Å². The van der Waals surface area contributed by atoms with Crippen LogP contribution in [-0.2, 0) is 6.54 Å². The zero-order valence-electron chi connectivity index (χ0n) is 15.6. The van der Waals surface area contributed by atoms with Gasteiger partial charge in [0.2, 0.25) is 0 Å². The number of halogens is 3. The molecule has 2 aliphatic rings. The minimum Gasteiger partial charge on any atom is -0.366 e. The molecule has 3 unspecified atom stereocenters. The van der Waals surface area contributed by atoms with Crippen LogP contribution in [0.1, 0.15) is 28.8 Å².